The Morgan fingerprint density at radius 2 is 2.13 bits per heavy atom. The average molecular weight is 476 g/mol. The van der Waals surface area contributed by atoms with Crippen molar-refractivity contribution in [1.29, 1.82) is 0 Å². The van der Waals surface area contributed by atoms with Crippen molar-refractivity contribution >= 4 is 27.7 Å². The Morgan fingerprint density at radius 3 is 2.87 bits per heavy atom. The molecular weight excluding hydrogens is 450 g/mol. The monoisotopic (exact) mass is 475 g/mol. The molecule has 0 unspecified atom stereocenters. The summed E-state index contributed by atoms with van der Waals surface area (Å²) in [6.07, 6.45) is 3.87. The fraction of sp³-hybridized carbons (Fsp3) is 0.478. The summed E-state index contributed by atoms with van der Waals surface area (Å²) in [4.78, 5) is 26.2. The number of hydrogen-bond acceptors (Lipinski definition) is 6. The Hall–Kier alpha value is -2.12. The maximum atomic E-state index is 13.3. The van der Waals surface area contributed by atoms with Gasteiger partial charge in [0, 0.05) is 40.0 Å². The minimum Gasteiger partial charge on any atom is -0.496 e. The summed E-state index contributed by atoms with van der Waals surface area (Å²) in [5.74, 6) is -0.258. The molecule has 0 saturated carbocycles. The van der Waals surface area contributed by atoms with E-state index in [0.29, 0.717) is 35.6 Å². The van der Waals surface area contributed by atoms with Gasteiger partial charge in [0.05, 0.1) is 24.7 Å². The van der Waals surface area contributed by atoms with Crippen LogP contribution in [0.2, 0.25) is 0 Å². The molecular formula is C23H26BrNO5. The zero-order chi connectivity index (χ0) is 21.3. The number of dihydropyridines is 1. The second kappa shape index (κ2) is 8.94. The van der Waals surface area contributed by atoms with Crippen LogP contribution in [-0.2, 0) is 19.1 Å². The SMILES string of the molecule is COc1ccc(Br)cc1[C@@H]1C(C(=O)OC[C@H]2CCCO2)=C(C)NC2=C1C(=O)CCC2. The van der Waals surface area contributed by atoms with Gasteiger partial charge < -0.3 is 19.5 Å². The highest BCUT2D eigenvalue weighted by Gasteiger charge is 2.40. The van der Waals surface area contributed by atoms with Crippen molar-refractivity contribution < 1.29 is 23.8 Å². The molecule has 4 rings (SSSR count). The molecule has 160 valence electrons. The molecule has 0 bridgehead atoms. The Labute approximate surface area is 184 Å². The fourth-order valence-corrected chi connectivity index (χ4v) is 4.90. The zero-order valence-electron chi connectivity index (χ0n) is 17.3. The first-order valence-electron chi connectivity index (χ1n) is 10.4. The van der Waals surface area contributed by atoms with E-state index in [2.05, 4.69) is 21.2 Å². The highest BCUT2D eigenvalue weighted by atomic mass is 79.9. The lowest BCUT2D eigenvalue weighted by atomic mass is 9.75. The molecule has 0 spiro atoms. The number of nitrogens with one attached hydrogen (secondary N) is 1. The number of carbonyl (C=O) groups is 2. The van der Waals surface area contributed by atoms with Crippen LogP contribution in [0.25, 0.3) is 0 Å². The first-order valence-corrected chi connectivity index (χ1v) is 11.1. The van der Waals surface area contributed by atoms with Gasteiger partial charge in [0.25, 0.3) is 0 Å². The molecule has 0 aromatic heterocycles. The Morgan fingerprint density at radius 1 is 1.30 bits per heavy atom. The van der Waals surface area contributed by atoms with E-state index in [-0.39, 0.29) is 18.5 Å². The smallest absolute Gasteiger partial charge is 0.336 e. The number of carbonyl (C=O) groups excluding carboxylic acids is 2. The van der Waals surface area contributed by atoms with Crippen LogP contribution in [0.4, 0.5) is 0 Å². The third kappa shape index (κ3) is 4.05. The molecule has 2 heterocycles. The first kappa shape index (κ1) is 21.1. The lowest BCUT2D eigenvalue weighted by Crippen LogP contribution is -2.35. The van der Waals surface area contributed by atoms with Gasteiger partial charge in [-0.15, -0.1) is 0 Å². The van der Waals surface area contributed by atoms with Gasteiger partial charge in [-0.2, -0.15) is 0 Å². The molecule has 1 aliphatic carbocycles. The highest BCUT2D eigenvalue weighted by Crippen LogP contribution is 2.45. The molecule has 2 atom stereocenters. The van der Waals surface area contributed by atoms with Crippen molar-refractivity contribution in [2.45, 2.75) is 51.0 Å². The van der Waals surface area contributed by atoms with Crippen LogP contribution < -0.4 is 10.1 Å². The van der Waals surface area contributed by atoms with Crippen LogP contribution in [0.3, 0.4) is 0 Å². The van der Waals surface area contributed by atoms with E-state index in [0.717, 1.165) is 41.4 Å². The number of benzene rings is 1. The van der Waals surface area contributed by atoms with Crippen molar-refractivity contribution in [1.82, 2.24) is 5.32 Å². The van der Waals surface area contributed by atoms with Gasteiger partial charge in [-0.25, -0.2) is 4.79 Å². The van der Waals surface area contributed by atoms with Crippen molar-refractivity contribution in [2.24, 2.45) is 0 Å². The molecule has 1 fully saturated rings. The lowest BCUT2D eigenvalue weighted by molar-refractivity contribution is -0.142. The number of rotatable bonds is 5. The van der Waals surface area contributed by atoms with Crippen molar-refractivity contribution in [3.63, 3.8) is 0 Å². The van der Waals surface area contributed by atoms with Crippen molar-refractivity contribution in [3.05, 3.63) is 50.8 Å². The highest BCUT2D eigenvalue weighted by molar-refractivity contribution is 9.10. The number of ether oxygens (including phenoxy) is 3. The molecule has 1 aromatic carbocycles. The van der Waals surface area contributed by atoms with Crippen molar-refractivity contribution in [3.8, 4) is 5.75 Å². The first-order chi connectivity index (χ1) is 14.5. The third-order valence-corrected chi connectivity index (χ3v) is 6.42. The average Bonchev–Trinajstić information content (AvgIpc) is 3.25. The maximum Gasteiger partial charge on any atom is 0.336 e. The number of methoxy groups -OCH3 is 1. The second-order valence-electron chi connectivity index (χ2n) is 7.89. The molecule has 6 nitrogen and oxygen atoms in total. The van der Waals surface area contributed by atoms with E-state index in [1.807, 2.05) is 25.1 Å². The van der Waals surface area contributed by atoms with E-state index >= 15 is 0 Å². The molecule has 0 amide bonds. The summed E-state index contributed by atoms with van der Waals surface area (Å²) in [6.45, 7) is 2.79. The summed E-state index contributed by atoms with van der Waals surface area (Å²) < 4.78 is 17.7. The lowest BCUT2D eigenvalue weighted by Gasteiger charge is -2.34. The van der Waals surface area contributed by atoms with Gasteiger partial charge in [-0.05, 0) is 50.8 Å². The van der Waals surface area contributed by atoms with Gasteiger partial charge in [0.1, 0.15) is 12.4 Å². The quantitative estimate of drug-likeness (QED) is 0.644. The van der Waals surface area contributed by atoms with Gasteiger partial charge in [-0.3, -0.25) is 4.79 Å². The van der Waals surface area contributed by atoms with E-state index in [9.17, 15) is 9.59 Å². The molecule has 1 N–H and O–H groups in total. The van der Waals surface area contributed by atoms with E-state index in [1.54, 1.807) is 7.11 Å². The van der Waals surface area contributed by atoms with E-state index in [1.165, 1.54) is 0 Å². The van der Waals surface area contributed by atoms with Crippen LogP contribution >= 0.6 is 15.9 Å². The normalized spacial score (nSPS) is 23.9. The summed E-state index contributed by atoms with van der Waals surface area (Å²) in [6, 6.07) is 5.65. The van der Waals surface area contributed by atoms with Gasteiger partial charge in [0.15, 0.2) is 5.78 Å². The minimum atomic E-state index is -0.529. The Balaban J connectivity index is 1.76. The van der Waals surface area contributed by atoms with Crippen molar-refractivity contribution in [2.75, 3.05) is 20.3 Å². The molecule has 7 heteroatoms. The van der Waals surface area contributed by atoms with Crippen LogP contribution in [0, 0.1) is 0 Å². The summed E-state index contributed by atoms with van der Waals surface area (Å²) in [7, 11) is 1.60. The molecule has 1 saturated heterocycles. The number of hydrogen-bond donors (Lipinski definition) is 1. The van der Waals surface area contributed by atoms with Crippen LogP contribution in [0.1, 0.15) is 50.5 Å². The van der Waals surface area contributed by atoms with Crippen LogP contribution in [0.15, 0.2) is 45.2 Å². The molecule has 0 radical (unpaired) electrons. The Kier molecular flexibility index (Phi) is 6.29. The minimum absolute atomic E-state index is 0.0589. The summed E-state index contributed by atoms with van der Waals surface area (Å²) in [5, 5.41) is 3.31. The van der Waals surface area contributed by atoms with E-state index < -0.39 is 11.9 Å². The van der Waals surface area contributed by atoms with Crippen LogP contribution in [0.5, 0.6) is 5.75 Å². The fourth-order valence-electron chi connectivity index (χ4n) is 4.52. The number of esters is 1. The zero-order valence-corrected chi connectivity index (χ0v) is 18.8. The van der Waals surface area contributed by atoms with Gasteiger partial charge in [-0.1, -0.05) is 15.9 Å². The number of halogens is 1. The predicted molar refractivity (Wildman–Crippen MR) is 115 cm³/mol. The molecule has 3 aliphatic rings. The Bertz CT molecular complexity index is 930. The number of Topliss-reactive ketones (excluding diaryl/α,β-unsaturated/α-hetero) is 1. The van der Waals surface area contributed by atoms with E-state index in [4.69, 9.17) is 14.2 Å². The summed E-state index contributed by atoms with van der Waals surface area (Å²) in [5.41, 5.74) is 3.49. The number of ketones is 1. The number of allylic oxidation sites excluding steroid dienone is 3. The topological polar surface area (TPSA) is 73.9 Å². The molecule has 2 aliphatic heterocycles. The largest absolute Gasteiger partial charge is 0.496 e. The predicted octanol–water partition coefficient (Wildman–Crippen LogP) is 4.15. The summed E-state index contributed by atoms with van der Waals surface area (Å²) >= 11 is 3.52. The molecule has 30 heavy (non-hydrogen) atoms. The van der Waals surface area contributed by atoms with Gasteiger partial charge in [0.2, 0.25) is 0 Å². The molecule has 1 aromatic rings. The standard InChI is InChI=1S/C23H26BrNO5/c1-13-20(23(27)30-12-15-5-4-10-29-15)21(16-11-14(24)8-9-19(16)28-2)22-17(25-13)6-3-7-18(22)26/h8-9,11,15,21,25H,3-7,10,12H2,1-2H3/t15-,21-/m1/s1. The third-order valence-electron chi connectivity index (χ3n) is 5.92. The van der Waals surface area contributed by atoms with Crippen LogP contribution in [-0.4, -0.2) is 38.2 Å². The maximum absolute atomic E-state index is 13.3. The van der Waals surface area contributed by atoms with Gasteiger partial charge >= 0.3 is 5.97 Å². The second-order valence-corrected chi connectivity index (χ2v) is 8.80.